The molecule has 0 aliphatic rings. The van der Waals surface area contributed by atoms with Gasteiger partial charge in [0, 0.05) is 23.7 Å². The molecular weight excluding hydrogens is 220 g/mol. The fourth-order valence-corrected chi connectivity index (χ4v) is 2.00. The summed E-state index contributed by atoms with van der Waals surface area (Å²) in [7, 11) is 0. The van der Waals surface area contributed by atoms with Crippen molar-refractivity contribution in [2.24, 2.45) is 0 Å². The summed E-state index contributed by atoms with van der Waals surface area (Å²) in [4.78, 5) is 0. The van der Waals surface area contributed by atoms with Crippen molar-refractivity contribution < 1.29 is 0 Å². The van der Waals surface area contributed by atoms with E-state index >= 15 is 0 Å². The first-order valence-electron chi connectivity index (χ1n) is 5.85. The molecule has 0 saturated heterocycles. The molecular formula is C16H16N2. The molecule has 2 aromatic rings. The first kappa shape index (κ1) is 12.1. The normalized spacial score (nSPS) is 10.2. The van der Waals surface area contributed by atoms with E-state index in [1.165, 1.54) is 11.1 Å². The maximum absolute atomic E-state index is 5.70. The Morgan fingerprint density at radius 2 is 1.22 bits per heavy atom. The number of terminal acetylenes is 1. The highest BCUT2D eigenvalue weighted by Gasteiger charge is 2.12. The van der Waals surface area contributed by atoms with Crippen LogP contribution in [0.4, 0.5) is 11.4 Å². The van der Waals surface area contributed by atoms with Gasteiger partial charge in [-0.15, -0.1) is 12.3 Å². The van der Waals surface area contributed by atoms with Gasteiger partial charge in [0.05, 0.1) is 0 Å². The zero-order valence-electron chi connectivity index (χ0n) is 10.1. The summed E-state index contributed by atoms with van der Waals surface area (Å²) in [5.74, 6) is 2.92. The molecule has 0 aliphatic heterocycles. The Bertz CT molecular complexity index is 502. The maximum Gasteiger partial charge on any atom is 0.0314 e. The van der Waals surface area contributed by atoms with Gasteiger partial charge in [-0.2, -0.15) is 0 Å². The molecule has 0 fully saturated rings. The summed E-state index contributed by atoms with van der Waals surface area (Å²) in [5, 5.41) is 0. The average molecular weight is 236 g/mol. The van der Waals surface area contributed by atoms with E-state index < -0.39 is 0 Å². The van der Waals surface area contributed by atoms with Gasteiger partial charge in [-0.05, 0) is 35.4 Å². The predicted molar refractivity (Wildman–Crippen MR) is 77.0 cm³/mol. The molecule has 0 radical (unpaired) electrons. The van der Waals surface area contributed by atoms with Crippen molar-refractivity contribution in [2.45, 2.75) is 12.3 Å². The summed E-state index contributed by atoms with van der Waals surface area (Å²) in [6, 6.07) is 15.7. The molecule has 2 heteroatoms. The van der Waals surface area contributed by atoms with Crippen LogP contribution >= 0.6 is 0 Å². The second-order valence-corrected chi connectivity index (χ2v) is 4.29. The third-order valence-electron chi connectivity index (χ3n) is 3.00. The minimum absolute atomic E-state index is 0.191. The minimum Gasteiger partial charge on any atom is -0.399 e. The Balaban J connectivity index is 2.36. The van der Waals surface area contributed by atoms with E-state index in [1.54, 1.807) is 0 Å². The van der Waals surface area contributed by atoms with Gasteiger partial charge in [-0.25, -0.2) is 0 Å². The monoisotopic (exact) mass is 236 g/mol. The number of hydrogen-bond acceptors (Lipinski definition) is 2. The lowest BCUT2D eigenvalue weighted by Gasteiger charge is -2.15. The number of rotatable bonds is 3. The van der Waals surface area contributed by atoms with Crippen LogP contribution in [0.3, 0.4) is 0 Å². The molecule has 0 saturated carbocycles. The standard InChI is InChI=1S/C16H16N2/c1-2-3-16(12-4-8-14(17)9-5-12)13-6-10-15(18)11-7-13/h1,4-11,16H,3,17-18H2. The molecule has 0 spiro atoms. The van der Waals surface area contributed by atoms with Gasteiger partial charge < -0.3 is 11.5 Å². The smallest absolute Gasteiger partial charge is 0.0314 e. The van der Waals surface area contributed by atoms with Crippen LogP contribution in [-0.4, -0.2) is 0 Å². The zero-order valence-corrected chi connectivity index (χ0v) is 10.1. The highest BCUT2D eigenvalue weighted by molar-refractivity contribution is 5.46. The third kappa shape index (κ3) is 2.64. The van der Waals surface area contributed by atoms with Crippen LogP contribution in [0.25, 0.3) is 0 Å². The Morgan fingerprint density at radius 3 is 1.56 bits per heavy atom. The fourth-order valence-electron chi connectivity index (χ4n) is 2.00. The van der Waals surface area contributed by atoms with E-state index in [9.17, 15) is 0 Å². The van der Waals surface area contributed by atoms with Gasteiger partial charge in [-0.3, -0.25) is 0 Å². The van der Waals surface area contributed by atoms with Crippen LogP contribution in [0, 0.1) is 12.3 Å². The van der Waals surface area contributed by atoms with Crippen molar-refractivity contribution in [3.05, 3.63) is 59.7 Å². The van der Waals surface area contributed by atoms with Crippen LogP contribution in [0.15, 0.2) is 48.5 Å². The topological polar surface area (TPSA) is 52.0 Å². The maximum atomic E-state index is 5.70. The fraction of sp³-hybridized carbons (Fsp3) is 0.125. The number of benzene rings is 2. The van der Waals surface area contributed by atoms with Crippen LogP contribution in [0.5, 0.6) is 0 Å². The lowest BCUT2D eigenvalue weighted by Crippen LogP contribution is -2.01. The van der Waals surface area contributed by atoms with Crippen molar-refractivity contribution in [1.82, 2.24) is 0 Å². The largest absolute Gasteiger partial charge is 0.399 e. The van der Waals surface area contributed by atoms with Crippen LogP contribution in [0.1, 0.15) is 23.5 Å². The lowest BCUT2D eigenvalue weighted by molar-refractivity contribution is 0.847. The number of anilines is 2. The van der Waals surface area contributed by atoms with E-state index in [2.05, 4.69) is 5.92 Å². The average Bonchev–Trinajstić information content (AvgIpc) is 2.39. The molecule has 0 bridgehead atoms. The second-order valence-electron chi connectivity index (χ2n) is 4.29. The van der Waals surface area contributed by atoms with Gasteiger partial charge in [0.25, 0.3) is 0 Å². The van der Waals surface area contributed by atoms with Crippen molar-refractivity contribution in [1.29, 1.82) is 0 Å². The van der Waals surface area contributed by atoms with Gasteiger partial charge in [0.15, 0.2) is 0 Å². The van der Waals surface area contributed by atoms with Crippen molar-refractivity contribution in [3.63, 3.8) is 0 Å². The van der Waals surface area contributed by atoms with Crippen LogP contribution in [-0.2, 0) is 0 Å². The molecule has 0 unspecified atom stereocenters. The van der Waals surface area contributed by atoms with Gasteiger partial charge in [-0.1, -0.05) is 24.3 Å². The summed E-state index contributed by atoms with van der Waals surface area (Å²) >= 11 is 0. The Kier molecular flexibility index (Phi) is 3.54. The predicted octanol–water partition coefficient (Wildman–Crippen LogP) is 3.01. The number of hydrogen-bond donors (Lipinski definition) is 2. The van der Waals surface area contributed by atoms with Crippen LogP contribution < -0.4 is 11.5 Å². The molecule has 0 amide bonds. The van der Waals surface area contributed by atoms with Gasteiger partial charge >= 0.3 is 0 Å². The molecule has 2 aromatic carbocycles. The first-order chi connectivity index (χ1) is 8.70. The van der Waals surface area contributed by atoms with E-state index in [-0.39, 0.29) is 5.92 Å². The molecule has 18 heavy (non-hydrogen) atoms. The Hall–Kier alpha value is -2.40. The molecule has 90 valence electrons. The molecule has 2 rings (SSSR count). The van der Waals surface area contributed by atoms with Gasteiger partial charge in [0.1, 0.15) is 0 Å². The Morgan fingerprint density at radius 1 is 0.833 bits per heavy atom. The van der Waals surface area contributed by atoms with E-state index in [4.69, 9.17) is 17.9 Å². The minimum atomic E-state index is 0.191. The summed E-state index contributed by atoms with van der Waals surface area (Å²) < 4.78 is 0. The first-order valence-corrected chi connectivity index (χ1v) is 5.85. The van der Waals surface area contributed by atoms with E-state index in [0.717, 1.165) is 11.4 Å². The second kappa shape index (κ2) is 5.29. The number of nitrogens with two attached hydrogens (primary N) is 2. The van der Waals surface area contributed by atoms with Crippen molar-refractivity contribution in [2.75, 3.05) is 11.5 Å². The third-order valence-corrected chi connectivity index (χ3v) is 3.00. The molecule has 2 nitrogen and oxygen atoms in total. The summed E-state index contributed by atoms with van der Waals surface area (Å²) in [6.45, 7) is 0. The summed E-state index contributed by atoms with van der Waals surface area (Å²) in [5.41, 5.74) is 15.3. The number of nitrogen functional groups attached to an aromatic ring is 2. The van der Waals surface area contributed by atoms with Crippen molar-refractivity contribution in [3.8, 4) is 12.3 Å². The molecule has 4 N–H and O–H groups in total. The van der Waals surface area contributed by atoms with E-state index in [1.807, 2.05) is 48.5 Å². The molecule has 0 aliphatic carbocycles. The summed E-state index contributed by atoms with van der Waals surface area (Å²) in [6.07, 6.45) is 6.13. The zero-order chi connectivity index (χ0) is 13.0. The highest BCUT2D eigenvalue weighted by Crippen LogP contribution is 2.28. The van der Waals surface area contributed by atoms with E-state index in [0.29, 0.717) is 6.42 Å². The Labute approximate surface area is 108 Å². The quantitative estimate of drug-likeness (QED) is 0.635. The molecule has 0 atom stereocenters. The molecule has 0 heterocycles. The van der Waals surface area contributed by atoms with Crippen LogP contribution in [0.2, 0.25) is 0 Å². The molecule has 0 aromatic heterocycles. The highest BCUT2D eigenvalue weighted by atomic mass is 14.5. The SMILES string of the molecule is C#CCC(c1ccc(N)cc1)c1ccc(N)cc1. The van der Waals surface area contributed by atoms with Gasteiger partial charge in [0.2, 0.25) is 0 Å². The van der Waals surface area contributed by atoms with Crippen molar-refractivity contribution >= 4 is 11.4 Å². The lowest BCUT2D eigenvalue weighted by atomic mass is 9.88.